The van der Waals surface area contributed by atoms with Crippen LogP contribution in [0.5, 0.6) is 0 Å². The highest BCUT2D eigenvalue weighted by atomic mass is 35.5. The summed E-state index contributed by atoms with van der Waals surface area (Å²) in [5.41, 5.74) is 2.06. The molecule has 0 radical (unpaired) electrons. The number of hydrogen-bond acceptors (Lipinski definition) is 6. The lowest BCUT2D eigenvalue weighted by Crippen LogP contribution is -2.50. The zero-order valence-electron chi connectivity index (χ0n) is 22.1. The van der Waals surface area contributed by atoms with Crippen molar-refractivity contribution in [1.82, 2.24) is 30.4 Å². The summed E-state index contributed by atoms with van der Waals surface area (Å²) in [5, 5.41) is 16.2. The van der Waals surface area contributed by atoms with E-state index in [0.29, 0.717) is 37.0 Å². The fourth-order valence-corrected chi connectivity index (χ4v) is 3.90. The molecular formula is C27H35ClN6O3. The Kier molecular flexibility index (Phi) is 9.77. The monoisotopic (exact) mass is 526 g/mol. The first-order chi connectivity index (χ1) is 17.6. The Morgan fingerprint density at radius 3 is 2.41 bits per heavy atom. The molecule has 0 saturated carbocycles. The third-order valence-electron chi connectivity index (χ3n) is 5.50. The SMILES string of the molecule is CCOCCCN(C(=O)Cn1nnc(-c2ccc(Cl)cc2)n1)C(C(=O)NC(C)(C)C)c1ccc(C)cc1. The lowest BCUT2D eigenvalue weighted by Gasteiger charge is -2.33. The van der Waals surface area contributed by atoms with Crippen LogP contribution in [0.1, 0.15) is 51.3 Å². The summed E-state index contributed by atoms with van der Waals surface area (Å²) in [6.45, 7) is 10.9. The van der Waals surface area contributed by atoms with Gasteiger partial charge in [0.15, 0.2) is 0 Å². The number of ether oxygens (including phenoxy) is 1. The van der Waals surface area contributed by atoms with Crippen molar-refractivity contribution in [3.8, 4) is 11.4 Å². The largest absolute Gasteiger partial charge is 0.382 e. The molecule has 0 spiro atoms. The molecule has 1 atom stereocenters. The number of nitrogens with zero attached hydrogens (tertiary/aromatic N) is 5. The van der Waals surface area contributed by atoms with E-state index in [1.807, 2.05) is 58.9 Å². The summed E-state index contributed by atoms with van der Waals surface area (Å²) in [5.74, 6) is -0.173. The minimum Gasteiger partial charge on any atom is -0.382 e. The van der Waals surface area contributed by atoms with E-state index in [4.69, 9.17) is 16.3 Å². The number of aromatic nitrogens is 4. The van der Waals surface area contributed by atoms with Crippen molar-refractivity contribution in [1.29, 1.82) is 0 Å². The number of halogens is 1. The van der Waals surface area contributed by atoms with Crippen LogP contribution < -0.4 is 5.32 Å². The standard InChI is InChI=1S/C27H35ClN6O3/c1-6-37-17-7-16-33(24(26(36)29-27(3,4)5)20-10-8-19(2)9-11-20)23(35)18-34-31-25(30-32-34)21-12-14-22(28)15-13-21/h8-15,24H,6-7,16-18H2,1-5H3,(H,29,36). The van der Waals surface area contributed by atoms with Gasteiger partial charge in [-0.3, -0.25) is 9.59 Å². The molecule has 0 aliphatic rings. The summed E-state index contributed by atoms with van der Waals surface area (Å²) in [6.07, 6.45) is 0.575. The van der Waals surface area contributed by atoms with Gasteiger partial charge >= 0.3 is 0 Å². The molecule has 0 saturated heterocycles. The molecule has 1 unspecified atom stereocenters. The number of hydrogen-bond donors (Lipinski definition) is 1. The average molecular weight is 527 g/mol. The lowest BCUT2D eigenvalue weighted by atomic mass is 10.00. The van der Waals surface area contributed by atoms with Crippen molar-refractivity contribution < 1.29 is 14.3 Å². The number of tetrazole rings is 1. The van der Waals surface area contributed by atoms with Crippen LogP contribution in [-0.2, 0) is 20.9 Å². The van der Waals surface area contributed by atoms with Gasteiger partial charge in [0, 0.05) is 35.9 Å². The maximum absolute atomic E-state index is 13.7. The van der Waals surface area contributed by atoms with E-state index in [-0.39, 0.29) is 18.4 Å². The van der Waals surface area contributed by atoms with Crippen molar-refractivity contribution in [3.05, 3.63) is 64.7 Å². The van der Waals surface area contributed by atoms with Gasteiger partial charge in [-0.05, 0) is 76.1 Å². The number of rotatable bonds is 11. The molecule has 3 rings (SSSR count). The van der Waals surface area contributed by atoms with Crippen molar-refractivity contribution in [2.75, 3.05) is 19.8 Å². The number of aryl methyl sites for hydroxylation is 1. The summed E-state index contributed by atoms with van der Waals surface area (Å²) in [6, 6.07) is 13.9. The molecule has 0 bridgehead atoms. The Morgan fingerprint density at radius 2 is 1.78 bits per heavy atom. The van der Waals surface area contributed by atoms with E-state index in [0.717, 1.165) is 16.7 Å². The lowest BCUT2D eigenvalue weighted by molar-refractivity contribution is -0.142. The van der Waals surface area contributed by atoms with Gasteiger partial charge in [0.1, 0.15) is 12.6 Å². The summed E-state index contributed by atoms with van der Waals surface area (Å²) in [7, 11) is 0. The zero-order valence-corrected chi connectivity index (χ0v) is 22.8. The van der Waals surface area contributed by atoms with Gasteiger partial charge in [-0.1, -0.05) is 41.4 Å². The van der Waals surface area contributed by atoms with Crippen LogP contribution in [0.2, 0.25) is 5.02 Å². The third-order valence-corrected chi connectivity index (χ3v) is 5.75. The number of carbonyl (C=O) groups is 2. The van der Waals surface area contributed by atoms with E-state index in [1.165, 1.54) is 4.80 Å². The molecule has 198 valence electrons. The molecule has 1 heterocycles. The molecule has 0 aliphatic heterocycles. The maximum Gasteiger partial charge on any atom is 0.247 e. The first-order valence-electron chi connectivity index (χ1n) is 12.4. The van der Waals surface area contributed by atoms with Crippen molar-refractivity contribution >= 4 is 23.4 Å². The van der Waals surface area contributed by atoms with Crippen LogP contribution in [0.4, 0.5) is 0 Å². The van der Waals surface area contributed by atoms with Crippen molar-refractivity contribution in [2.45, 2.75) is 59.2 Å². The smallest absolute Gasteiger partial charge is 0.247 e. The van der Waals surface area contributed by atoms with Gasteiger partial charge in [-0.2, -0.15) is 4.80 Å². The summed E-state index contributed by atoms with van der Waals surface area (Å²) >= 11 is 5.97. The Bertz CT molecular complexity index is 1170. The number of carbonyl (C=O) groups excluding carboxylic acids is 2. The number of amides is 2. The molecule has 2 aromatic carbocycles. The van der Waals surface area contributed by atoms with Gasteiger partial charge in [0.2, 0.25) is 17.6 Å². The second-order valence-corrected chi connectivity index (χ2v) is 10.3. The minimum atomic E-state index is -0.826. The van der Waals surface area contributed by atoms with Crippen LogP contribution in [0.25, 0.3) is 11.4 Å². The van der Waals surface area contributed by atoms with E-state index in [9.17, 15) is 9.59 Å². The average Bonchev–Trinajstić information content (AvgIpc) is 3.29. The van der Waals surface area contributed by atoms with E-state index < -0.39 is 11.6 Å². The van der Waals surface area contributed by atoms with Gasteiger partial charge < -0.3 is 15.0 Å². The van der Waals surface area contributed by atoms with Crippen LogP contribution in [0, 0.1) is 6.92 Å². The molecule has 2 amide bonds. The molecule has 1 aromatic heterocycles. The second kappa shape index (κ2) is 12.8. The molecule has 3 aromatic rings. The normalized spacial score (nSPS) is 12.3. The first-order valence-corrected chi connectivity index (χ1v) is 12.7. The fraction of sp³-hybridized carbons (Fsp3) is 0.444. The highest BCUT2D eigenvalue weighted by Gasteiger charge is 2.33. The van der Waals surface area contributed by atoms with Crippen molar-refractivity contribution in [2.24, 2.45) is 0 Å². The maximum atomic E-state index is 13.7. The molecule has 37 heavy (non-hydrogen) atoms. The third kappa shape index (κ3) is 8.36. The quantitative estimate of drug-likeness (QED) is 0.375. The number of benzene rings is 2. The van der Waals surface area contributed by atoms with Crippen LogP contribution in [-0.4, -0.2) is 62.2 Å². The van der Waals surface area contributed by atoms with Crippen LogP contribution in [0.3, 0.4) is 0 Å². The highest BCUT2D eigenvalue weighted by molar-refractivity contribution is 6.30. The van der Waals surface area contributed by atoms with E-state index >= 15 is 0 Å². The van der Waals surface area contributed by atoms with Gasteiger partial charge in [0.05, 0.1) is 0 Å². The second-order valence-electron chi connectivity index (χ2n) is 9.84. The van der Waals surface area contributed by atoms with E-state index in [2.05, 4.69) is 20.7 Å². The van der Waals surface area contributed by atoms with Gasteiger partial charge in [-0.25, -0.2) is 0 Å². The summed E-state index contributed by atoms with van der Waals surface area (Å²) < 4.78 is 5.50. The zero-order chi connectivity index (χ0) is 27.0. The van der Waals surface area contributed by atoms with Gasteiger partial charge in [0.25, 0.3) is 0 Å². The number of nitrogens with one attached hydrogen (secondary N) is 1. The van der Waals surface area contributed by atoms with Gasteiger partial charge in [-0.15, -0.1) is 10.2 Å². The highest BCUT2D eigenvalue weighted by Crippen LogP contribution is 2.24. The fourth-order valence-electron chi connectivity index (χ4n) is 3.78. The van der Waals surface area contributed by atoms with Crippen LogP contribution >= 0.6 is 11.6 Å². The minimum absolute atomic E-state index is 0.166. The topological polar surface area (TPSA) is 102 Å². The molecule has 10 heteroatoms. The molecular weight excluding hydrogens is 492 g/mol. The van der Waals surface area contributed by atoms with Crippen molar-refractivity contribution in [3.63, 3.8) is 0 Å². The predicted molar refractivity (Wildman–Crippen MR) is 143 cm³/mol. The van der Waals surface area contributed by atoms with E-state index in [1.54, 1.807) is 29.2 Å². The predicted octanol–water partition coefficient (Wildman–Crippen LogP) is 4.21. The van der Waals surface area contributed by atoms with Crippen LogP contribution in [0.15, 0.2) is 48.5 Å². The first kappa shape index (κ1) is 28.3. The summed E-state index contributed by atoms with van der Waals surface area (Å²) in [4.78, 5) is 30.1. The molecule has 9 nitrogen and oxygen atoms in total. The Balaban J connectivity index is 1.90. The molecule has 0 fully saturated rings. The Hall–Kier alpha value is -3.30. The Morgan fingerprint density at radius 1 is 1.11 bits per heavy atom. The Labute approximate surface area is 223 Å². The molecule has 1 N–H and O–H groups in total. The molecule has 0 aliphatic carbocycles.